The molecule has 0 aliphatic carbocycles. The highest BCUT2D eigenvalue weighted by molar-refractivity contribution is 5.85. The van der Waals surface area contributed by atoms with E-state index in [0.717, 1.165) is 12.8 Å². The van der Waals surface area contributed by atoms with Gasteiger partial charge in [0.05, 0.1) is 7.11 Å². The normalized spacial score (nSPS) is 11.5. The highest BCUT2D eigenvalue weighted by Gasteiger charge is 2.05. The van der Waals surface area contributed by atoms with E-state index in [4.69, 9.17) is 10.1 Å². The lowest BCUT2D eigenvalue weighted by atomic mass is 10.1. The van der Waals surface area contributed by atoms with Gasteiger partial charge in [-0.05, 0) is 6.42 Å². The summed E-state index contributed by atoms with van der Waals surface area (Å²) in [6, 6.07) is 0. The van der Waals surface area contributed by atoms with Crippen molar-refractivity contribution in [2.24, 2.45) is 5.92 Å². The summed E-state index contributed by atoms with van der Waals surface area (Å²) in [5.74, 6) is 0.692. The predicted molar refractivity (Wildman–Crippen MR) is 46.1 cm³/mol. The molecule has 0 saturated carbocycles. The van der Waals surface area contributed by atoms with Crippen molar-refractivity contribution in [2.45, 2.75) is 26.7 Å². The van der Waals surface area contributed by atoms with E-state index in [1.54, 1.807) is 7.11 Å². The van der Waals surface area contributed by atoms with Crippen LogP contribution >= 0.6 is 12.4 Å². The molecule has 1 N–H and O–H groups in total. The van der Waals surface area contributed by atoms with Crippen molar-refractivity contribution in [1.29, 1.82) is 5.41 Å². The maximum atomic E-state index is 7.22. The minimum atomic E-state index is 0. The molecule has 1 atom stereocenters. The van der Waals surface area contributed by atoms with Crippen LogP contribution in [-0.2, 0) is 4.74 Å². The van der Waals surface area contributed by atoms with Gasteiger partial charge >= 0.3 is 0 Å². The summed E-state index contributed by atoms with van der Waals surface area (Å²) in [5, 5.41) is 7.22. The zero-order valence-electron chi connectivity index (χ0n) is 6.81. The fourth-order valence-corrected chi connectivity index (χ4v) is 0.765. The molecule has 0 rings (SSSR count). The van der Waals surface area contributed by atoms with Gasteiger partial charge in [0, 0.05) is 5.92 Å². The van der Waals surface area contributed by atoms with E-state index in [1.165, 1.54) is 0 Å². The second kappa shape index (κ2) is 6.87. The first-order chi connectivity index (χ1) is 4.22. The summed E-state index contributed by atoms with van der Waals surface area (Å²) in [6.45, 7) is 4.12. The Hall–Kier alpha value is -0.240. The van der Waals surface area contributed by atoms with Crippen LogP contribution in [0.4, 0.5) is 0 Å². The van der Waals surface area contributed by atoms with E-state index in [0.29, 0.717) is 11.8 Å². The van der Waals surface area contributed by atoms with Crippen LogP contribution in [0.3, 0.4) is 0 Å². The third-order valence-corrected chi connectivity index (χ3v) is 1.39. The second-order valence-corrected chi connectivity index (χ2v) is 2.26. The van der Waals surface area contributed by atoms with Gasteiger partial charge in [-0.15, -0.1) is 12.4 Å². The Kier molecular flexibility index (Phi) is 8.55. The van der Waals surface area contributed by atoms with E-state index in [1.807, 2.05) is 6.92 Å². The molecule has 0 unspecified atom stereocenters. The lowest BCUT2D eigenvalue weighted by Crippen LogP contribution is -2.10. The summed E-state index contributed by atoms with van der Waals surface area (Å²) in [6.07, 6.45) is 2.17. The summed E-state index contributed by atoms with van der Waals surface area (Å²) in [7, 11) is 1.55. The largest absolute Gasteiger partial charge is 0.484 e. The molecular formula is C7H16ClNO. The van der Waals surface area contributed by atoms with Crippen LogP contribution in [0.1, 0.15) is 26.7 Å². The minimum Gasteiger partial charge on any atom is -0.484 e. The van der Waals surface area contributed by atoms with Crippen LogP contribution in [0.25, 0.3) is 0 Å². The first-order valence-corrected chi connectivity index (χ1v) is 3.34. The van der Waals surface area contributed by atoms with Crippen molar-refractivity contribution < 1.29 is 4.74 Å². The fraction of sp³-hybridized carbons (Fsp3) is 0.857. The Morgan fingerprint density at radius 2 is 2.10 bits per heavy atom. The zero-order chi connectivity index (χ0) is 7.28. The second-order valence-electron chi connectivity index (χ2n) is 2.26. The highest BCUT2D eigenvalue weighted by atomic mass is 35.5. The molecule has 0 saturated heterocycles. The first-order valence-electron chi connectivity index (χ1n) is 3.34. The molecule has 0 heterocycles. The molecule has 10 heavy (non-hydrogen) atoms. The van der Waals surface area contributed by atoms with Crippen molar-refractivity contribution in [2.75, 3.05) is 7.11 Å². The Morgan fingerprint density at radius 3 is 2.40 bits per heavy atom. The Morgan fingerprint density at radius 1 is 1.60 bits per heavy atom. The Labute approximate surface area is 68.9 Å². The first kappa shape index (κ1) is 12.4. The van der Waals surface area contributed by atoms with Crippen molar-refractivity contribution in [3.63, 3.8) is 0 Å². The number of rotatable bonds is 3. The Bertz CT molecular complexity index is 95.6. The molecule has 3 heteroatoms. The molecular weight excluding hydrogens is 150 g/mol. The molecule has 0 aliphatic heterocycles. The van der Waals surface area contributed by atoms with E-state index < -0.39 is 0 Å². The zero-order valence-corrected chi connectivity index (χ0v) is 7.62. The van der Waals surface area contributed by atoms with Crippen LogP contribution in [-0.4, -0.2) is 13.0 Å². The smallest absolute Gasteiger partial charge is 0.182 e. The van der Waals surface area contributed by atoms with Crippen LogP contribution in [0.15, 0.2) is 0 Å². The SMILES string of the molecule is CCC[C@H](C)C(=N)OC.Cl. The quantitative estimate of drug-likeness (QED) is 0.506. The van der Waals surface area contributed by atoms with Crippen molar-refractivity contribution >= 4 is 18.3 Å². The number of hydrogen-bond donors (Lipinski definition) is 1. The Balaban J connectivity index is 0. The topological polar surface area (TPSA) is 33.1 Å². The van der Waals surface area contributed by atoms with Crippen molar-refractivity contribution in [3.05, 3.63) is 0 Å². The van der Waals surface area contributed by atoms with Crippen LogP contribution in [0.5, 0.6) is 0 Å². The van der Waals surface area contributed by atoms with Crippen LogP contribution in [0.2, 0.25) is 0 Å². The average Bonchev–Trinajstić information content (AvgIpc) is 1.87. The molecule has 2 nitrogen and oxygen atoms in total. The van der Waals surface area contributed by atoms with Gasteiger partial charge in [-0.25, -0.2) is 0 Å². The predicted octanol–water partition coefficient (Wildman–Crippen LogP) is 2.47. The maximum absolute atomic E-state index is 7.22. The lowest BCUT2D eigenvalue weighted by Gasteiger charge is -2.08. The molecule has 0 amide bonds. The minimum absolute atomic E-state index is 0. The van der Waals surface area contributed by atoms with E-state index in [-0.39, 0.29) is 12.4 Å². The monoisotopic (exact) mass is 165 g/mol. The third-order valence-electron chi connectivity index (χ3n) is 1.39. The van der Waals surface area contributed by atoms with E-state index in [2.05, 4.69) is 6.92 Å². The number of ether oxygens (including phenoxy) is 1. The third kappa shape index (κ3) is 4.62. The van der Waals surface area contributed by atoms with Gasteiger partial charge in [0.25, 0.3) is 0 Å². The number of methoxy groups -OCH3 is 1. The molecule has 0 aromatic rings. The van der Waals surface area contributed by atoms with Crippen molar-refractivity contribution in [1.82, 2.24) is 0 Å². The molecule has 0 radical (unpaired) electrons. The van der Waals surface area contributed by atoms with Crippen LogP contribution in [0, 0.1) is 11.3 Å². The van der Waals surface area contributed by atoms with Gasteiger partial charge in [0.1, 0.15) is 0 Å². The summed E-state index contributed by atoms with van der Waals surface area (Å²) >= 11 is 0. The fourth-order valence-electron chi connectivity index (χ4n) is 0.765. The van der Waals surface area contributed by atoms with Gasteiger partial charge in [-0.3, -0.25) is 5.41 Å². The molecule has 0 aliphatic rings. The summed E-state index contributed by atoms with van der Waals surface area (Å²) in [5.41, 5.74) is 0. The number of nitrogens with one attached hydrogen (secondary N) is 1. The average molecular weight is 166 g/mol. The van der Waals surface area contributed by atoms with Gasteiger partial charge in [-0.2, -0.15) is 0 Å². The van der Waals surface area contributed by atoms with E-state index >= 15 is 0 Å². The van der Waals surface area contributed by atoms with Gasteiger partial charge in [0.15, 0.2) is 5.90 Å². The summed E-state index contributed by atoms with van der Waals surface area (Å²) in [4.78, 5) is 0. The summed E-state index contributed by atoms with van der Waals surface area (Å²) < 4.78 is 4.75. The molecule has 62 valence electrons. The van der Waals surface area contributed by atoms with Gasteiger partial charge < -0.3 is 4.74 Å². The van der Waals surface area contributed by atoms with Gasteiger partial charge in [0.2, 0.25) is 0 Å². The standard InChI is InChI=1S/C7H15NO.ClH/c1-4-5-6(2)7(8)9-3;/h6,8H,4-5H2,1-3H3;1H/t6-;/m0./s1. The molecule has 0 spiro atoms. The van der Waals surface area contributed by atoms with Crippen molar-refractivity contribution in [3.8, 4) is 0 Å². The molecule has 0 fully saturated rings. The van der Waals surface area contributed by atoms with Gasteiger partial charge in [-0.1, -0.05) is 20.3 Å². The molecule has 0 aromatic heterocycles. The van der Waals surface area contributed by atoms with Crippen LogP contribution < -0.4 is 0 Å². The highest BCUT2D eigenvalue weighted by Crippen LogP contribution is 2.05. The number of hydrogen-bond acceptors (Lipinski definition) is 2. The lowest BCUT2D eigenvalue weighted by molar-refractivity contribution is 0.360. The molecule has 0 bridgehead atoms. The molecule has 0 aromatic carbocycles. The van der Waals surface area contributed by atoms with E-state index in [9.17, 15) is 0 Å². The number of halogens is 1. The maximum Gasteiger partial charge on any atom is 0.182 e.